The van der Waals surface area contributed by atoms with Gasteiger partial charge in [-0.05, 0) is 12.0 Å². The first kappa shape index (κ1) is 16.7. The van der Waals surface area contributed by atoms with Gasteiger partial charge in [0, 0.05) is 25.1 Å². The molecule has 0 aromatic carbocycles. The number of esters is 1. The molecule has 0 unspecified atom stereocenters. The van der Waals surface area contributed by atoms with E-state index in [1.54, 1.807) is 18.3 Å². The van der Waals surface area contributed by atoms with E-state index in [1.165, 1.54) is 14.2 Å². The highest BCUT2D eigenvalue weighted by Crippen LogP contribution is 2.11. The maximum atomic E-state index is 12.1. The predicted octanol–water partition coefficient (Wildman–Crippen LogP) is -0.431. The van der Waals surface area contributed by atoms with E-state index in [0.717, 1.165) is 5.56 Å². The smallest absolute Gasteiger partial charge is 0.328 e. The number of methoxy groups -OCH3 is 2. The lowest BCUT2D eigenvalue weighted by Gasteiger charge is -2.19. The van der Waals surface area contributed by atoms with E-state index in [1.807, 2.05) is 0 Å². The van der Waals surface area contributed by atoms with E-state index in [4.69, 9.17) is 9.47 Å². The quantitative estimate of drug-likeness (QED) is 0.689. The van der Waals surface area contributed by atoms with Crippen LogP contribution < -0.4 is 15.4 Å². The molecule has 8 heteroatoms. The SMILES string of the molecule is COC(=O)[C@@H](Cc1ccc(OC)nc1)NC(=O)[C@@H]1CCC(=O)N1. The fraction of sp³-hybridized carbons (Fsp3) is 0.467. The van der Waals surface area contributed by atoms with E-state index < -0.39 is 24.0 Å². The minimum absolute atomic E-state index is 0.167. The maximum Gasteiger partial charge on any atom is 0.328 e. The minimum atomic E-state index is -0.847. The van der Waals surface area contributed by atoms with Gasteiger partial charge in [-0.3, -0.25) is 9.59 Å². The van der Waals surface area contributed by atoms with Crippen LogP contribution in [0, 0.1) is 0 Å². The van der Waals surface area contributed by atoms with Crippen molar-refractivity contribution >= 4 is 17.8 Å². The molecule has 1 aliphatic rings. The van der Waals surface area contributed by atoms with Crippen molar-refractivity contribution in [1.82, 2.24) is 15.6 Å². The number of rotatable bonds is 6. The topological polar surface area (TPSA) is 107 Å². The summed E-state index contributed by atoms with van der Waals surface area (Å²) in [7, 11) is 2.76. The van der Waals surface area contributed by atoms with Gasteiger partial charge in [-0.2, -0.15) is 0 Å². The van der Waals surface area contributed by atoms with Crippen LogP contribution in [0.4, 0.5) is 0 Å². The number of pyridine rings is 1. The van der Waals surface area contributed by atoms with Crippen molar-refractivity contribution in [2.75, 3.05) is 14.2 Å². The molecular formula is C15H19N3O5. The van der Waals surface area contributed by atoms with Crippen LogP contribution in [-0.2, 0) is 25.5 Å². The summed E-state index contributed by atoms with van der Waals surface area (Å²) in [5.41, 5.74) is 0.747. The Labute approximate surface area is 133 Å². The molecule has 1 saturated heterocycles. The molecule has 124 valence electrons. The number of ether oxygens (including phenoxy) is 2. The monoisotopic (exact) mass is 321 g/mol. The van der Waals surface area contributed by atoms with Gasteiger partial charge in [0.2, 0.25) is 17.7 Å². The molecule has 2 heterocycles. The normalized spacial score (nSPS) is 18.0. The lowest BCUT2D eigenvalue weighted by molar-refractivity contribution is -0.145. The summed E-state index contributed by atoms with van der Waals surface area (Å²) in [5, 5.41) is 5.18. The van der Waals surface area contributed by atoms with Gasteiger partial charge >= 0.3 is 5.97 Å². The molecule has 1 aromatic heterocycles. The highest BCUT2D eigenvalue weighted by atomic mass is 16.5. The van der Waals surface area contributed by atoms with Gasteiger partial charge in [-0.15, -0.1) is 0 Å². The van der Waals surface area contributed by atoms with Crippen LogP contribution in [-0.4, -0.2) is 49.1 Å². The molecule has 23 heavy (non-hydrogen) atoms. The lowest BCUT2D eigenvalue weighted by atomic mass is 10.1. The molecule has 0 spiro atoms. The van der Waals surface area contributed by atoms with Crippen LogP contribution in [0.25, 0.3) is 0 Å². The number of carbonyl (C=O) groups excluding carboxylic acids is 3. The van der Waals surface area contributed by atoms with E-state index in [0.29, 0.717) is 18.7 Å². The van der Waals surface area contributed by atoms with Crippen molar-refractivity contribution in [2.45, 2.75) is 31.3 Å². The number of amides is 2. The Bertz CT molecular complexity index is 587. The summed E-state index contributed by atoms with van der Waals surface area (Å²) < 4.78 is 9.70. The van der Waals surface area contributed by atoms with Crippen LogP contribution in [0.15, 0.2) is 18.3 Å². The zero-order valence-electron chi connectivity index (χ0n) is 13.0. The zero-order chi connectivity index (χ0) is 16.8. The third-order valence-electron chi connectivity index (χ3n) is 3.56. The Kier molecular flexibility index (Phi) is 5.51. The zero-order valence-corrected chi connectivity index (χ0v) is 13.0. The van der Waals surface area contributed by atoms with Gasteiger partial charge in [0.25, 0.3) is 0 Å². The fourth-order valence-electron chi connectivity index (χ4n) is 2.31. The molecule has 0 aliphatic carbocycles. The molecule has 1 fully saturated rings. The second-order valence-corrected chi connectivity index (χ2v) is 5.16. The summed E-state index contributed by atoms with van der Waals surface area (Å²) >= 11 is 0. The van der Waals surface area contributed by atoms with E-state index in [9.17, 15) is 14.4 Å². The number of aromatic nitrogens is 1. The second kappa shape index (κ2) is 7.57. The standard InChI is InChI=1S/C15H19N3O5/c1-22-13-6-3-9(8-16-13)7-11(15(21)23-2)18-14(20)10-4-5-12(19)17-10/h3,6,8,10-11H,4-5,7H2,1-2H3,(H,17,19)(H,18,20)/t10-,11+/m0/s1. The Hall–Kier alpha value is -2.64. The molecule has 0 saturated carbocycles. The summed E-state index contributed by atoms with van der Waals surface area (Å²) in [4.78, 5) is 39.3. The molecule has 2 atom stereocenters. The van der Waals surface area contributed by atoms with Gasteiger partial charge < -0.3 is 20.1 Å². The van der Waals surface area contributed by atoms with Gasteiger partial charge in [0.05, 0.1) is 14.2 Å². The number of hydrogen-bond acceptors (Lipinski definition) is 6. The van der Waals surface area contributed by atoms with Crippen LogP contribution in [0.1, 0.15) is 18.4 Å². The molecule has 2 N–H and O–H groups in total. The average Bonchev–Trinajstić information content (AvgIpc) is 3.00. The summed E-state index contributed by atoms with van der Waals surface area (Å²) in [6.07, 6.45) is 2.53. The summed E-state index contributed by atoms with van der Waals surface area (Å²) in [6.45, 7) is 0. The molecule has 0 radical (unpaired) electrons. The van der Waals surface area contributed by atoms with E-state index >= 15 is 0 Å². The number of carbonyl (C=O) groups is 3. The molecule has 0 bridgehead atoms. The lowest BCUT2D eigenvalue weighted by Crippen LogP contribution is -2.50. The number of nitrogens with zero attached hydrogens (tertiary/aromatic N) is 1. The summed E-state index contributed by atoms with van der Waals surface area (Å²) in [5.74, 6) is -0.661. The molecule has 1 aromatic rings. The third kappa shape index (κ3) is 4.41. The molecular weight excluding hydrogens is 302 g/mol. The van der Waals surface area contributed by atoms with Crippen molar-refractivity contribution in [3.8, 4) is 5.88 Å². The van der Waals surface area contributed by atoms with Gasteiger partial charge in [0.15, 0.2) is 0 Å². The highest BCUT2D eigenvalue weighted by molar-refractivity contribution is 5.93. The van der Waals surface area contributed by atoms with Crippen LogP contribution in [0.5, 0.6) is 5.88 Å². The van der Waals surface area contributed by atoms with Gasteiger partial charge in [0.1, 0.15) is 12.1 Å². The fourth-order valence-corrected chi connectivity index (χ4v) is 2.31. The largest absolute Gasteiger partial charge is 0.481 e. The van der Waals surface area contributed by atoms with E-state index in [2.05, 4.69) is 15.6 Å². The van der Waals surface area contributed by atoms with Crippen molar-refractivity contribution in [3.05, 3.63) is 23.9 Å². The first-order valence-electron chi connectivity index (χ1n) is 7.20. The van der Waals surface area contributed by atoms with Gasteiger partial charge in [-0.25, -0.2) is 9.78 Å². The van der Waals surface area contributed by atoms with E-state index in [-0.39, 0.29) is 12.3 Å². The van der Waals surface area contributed by atoms with Crippen molar-refractivity contribution in [1.29, 1.82) is 0 Å². The Morgan fingerprint density at radius 3 is 2.74 bits per heavy atom. The summed E-state index contributed by atoms with van der Waals surface area (Å²) in [6, 6.07) is 1.97. The number of hydrogen-bond donors (Lipinski definition) is 2. The highest BCUT2D eigenvalue weighted by Gasteiger charge is 2.30. The van der Waals surface area contributed by atoms with Crippen molar-refractivity contribution in [3.63, 3.8) is 0 Å². The first-order valence-corrected chi connectivity index (χ1v) is 7.20. The maximum absolute atomic E-state index is 12.1. The molecule has 8 nitrogen and oxygen atoms in total. The van der Waals surface area contributed by atoms with Crippen molar-refractivity contribution in [2.24, 2.45) is 0 Å². The molecule has 1 aliphatic heterocycles. The number of nitrogens with one attached hydrogen (secondary N) is 2. The Balaban J connectivity index is 2.02. The van der Waals surface area contributed by atoms with Crippen molar-refractivity contribution < 1.29 is 23.9 Å². The molecule has 2 amide bonds. The Morgan fingerprint density at radius 1 is 1.43 bits per heavy atom. The average molecular weight is 321 g/mol. The van der Waals surface area contributed by atoms with Crippen LogP contribution >= 0.6 is 0 Å². The Morgan fingerprint density at radius 2 is 2.22 bits per heavy atom. The predicted molar refractivity (Wildman–Crippen MR) is 79.6 cm³/mol. The van der Waals surface area contributed by atoms with Crippen LogP contribution in [0.2, 0.25) is 0 Å². The third-order valence-corrected chi connectivity index (χ3v) is 3.56. The minimum Gasteiger partial charge on any atom is -0.481 e. The first-order chi connectivity index (χ1) is 11.0. The van der Waals surface area contributed by atoms with Gasteiger partial charge in [-0.1, -0.05) is 6.07 Å². The second-order valence-electron chi connectivity index (χ2n) is 5.16. The van der Waals surface area contributed by atoms with Crippen LogP contribution in [0.3, 0.4) is 0 Å². The molecule has 2 rings (SSSR count).